The Morgan fingerprint density at radius 1 is 1.29 bits per heavy atom. The summed E-state index contributed by atoms with van der Waals surface area (Å²) in [5, 5.41) is 2.88. The summed E-state index contributed by atoms with van der Waals surface area (Å²) in [6.07, 6.45) is 2.80. The quantitative estimate of drug-likeness (QED) is 0.640. The van der Waals surface area contributed by atoms with Crippen molar-refractivity contribution >= 4 is 5.91 Å². The van der Waals surface area contributed by atoms with E-state index in [1.54, 1.807) is 13.8 Å². The van der Waals surface area contributed by atoms with E-state index >= 15 is 0 Å². The molecule has 4 nitrogen and oxygen atoms in total. The van der Waals surface area contributed by atoms with Gasteiger partial charge in [-0.2, -0.15) is 0 Å². The van der Waals surface area contributed by atoms with E-state index in [2.05, 4.69) is 12.2 Å². The Kier molecular flexibility index (Phi) is 6.72. The highest BCUT2D eigenvalue weighted by atomic mass is 16.5. The van der Waals surface area contributed by atoms with Crippen LogP contribution in [-0.2, 0) is 9.53 Å². The van der Waals surface area contributed by atoms with Gasteiger partial charge >= 0.3 is 0 Å². The molecule has 0 aliphatic carbocycles. The topological polar surface area (TPSA) is 64.3 Å². The van der Waals surface area contributed by atoms with Crippen molar-refractivity contribution in [3.8, 4) is 0 Å². The molecule has 0 unspecified atom stereocenters. The molecule has 0 saturated carbocycles. The summed E-state index contributed by atoms with van der Waals surface area (Å²) in [5.41, 5.74) is 4.82. The molecule has 0 aromatic rings. The van der Waals surface area contributed by atoms with Gasteiger partial charge in [0, 0.05) is 18.7 Å². The highest BCUT2D eigenvalue weighted by molar-refractivity contribution is 5.84. The van der Waals surface area contributed by atoms with Crippen LogP contribution in [0.3, 0.4) is 0 Å². The Labute approximate surface area is 105 Å². The SMILES string of the molecule is CCCCNC(=O)C(C)(C)OCCC(C)(C)N. The van der Waals surface area contributed by atoms with Gasteiger partial charge in [0.15, 0.2) is 0 Å². The minimum absolute atomic E-state index is 0.0548. The number of hydrogen-bond acceptors (Lipinski definition) is 3. The predicted molar refractivity (Wildman–Crippen MR) is 70.8 cm³/mol. The van der Waals surface area contributed by atoms with E-state index in [-0.39, 0.29) is 11.4 Å². The Morgan fingerprint density at radius 2 is 1.88 bits per heavy atom. The number of carbonyl (C=O) groups is 1. The summed E-state index contributed by atoms with van der Waals surface area (Å²) in [6, 6.07) is 0. The molecule has 0 aliphatic heterocycles. The van der Waals surface area contributed by atoms with Crippen LogP contribution in [0.4, 0.5) is 0 Å². The molecule has 1 amide bonds. The minimum Gasteiger partial charge on any atom is -0.366 e. The van der Waals surface area contributed by atoms with Gasteiger partial charge in [-0.25, -0.2) is 0 Å². The number of nitrogens with two attached hydrogens (primary N) is 1. The monoisotopic (exact) mass is 244 g/mol. The second kappa shape index (κ2) is 6.97. The number of ether oxygens (including phenoxy) is 1. The van der Waals surface area contributed by atoms with Crippen LogP contribution in [0.1, 0.15) is 53.9 Å². The third kappa shape index (κ3) is 8.16. The molecule has 0 aromatic heterocycles. The van der Waals surface area contributed by atoms with E-state index in [1.807, 2.05) is 13.8 Å². The number of hydrogen-bond donors (Lipinski definition) is 2. The largest absolute Gasteiger partial charge is 0.366 e. The zero-order valence-electron chi connectivity index (χ0n) is 11.9. The van der Waals surface area contributed by atoms with Gasteiger partial charge in [-0.3, -0.25) is 4.79 Å². The van der Waals surface area contributed by atoms with Crippen LogP contribution in [-0.4, -0.2) is 30.2 Å². The van der Waals surface area contributed by atoms with E-state index in [9.17, 15) is 4.79 Å². The number of rotatable bonds is 8. The maximum absolute atomic E-state index is 11.8. The number of carbonyl (C=O) groups excluding carboxylic acids is 1. The van der Waals surface area contributed by atoms with Crippen LogP contribution in [0.25, 0.3) is 0 Å². The molecule has 0 aromatic carbocycles. The molecule has 0 aliphatic rings. The lowest BCUT2D eigenvalue weighted by atomic mass is 10.0. The molecule has 17 heavy (non-hydrogen) atoms. The summed E-state index contributed by atoms with van der Waals surface area (Å²) in [6.45, 7) is 10.8. The average molecular weight is 244 g/mol. The molecule has 0 fully saturated rings. The van der Waals surface area contributed by atoms with E-state index in [0.717, 1.165) is 19.3 Å². The van der Waals surface area contributed by atoms with Crippen molar-refractivity contribution in [2.75, 3.05) is 13.2 Å². The molecule has 3 N–H and O–H groups in total. The molecule has 0 saturated heterocycles. The zero-order valence-corrected chi connectivity index (χ0v) is 11.9. The normalized spacial score (nSPS) is 12.6. The molecule has 0 rings (SSSR count). The van der Waals surface area contributed by atoms with Crippen LogP contribution in [0, 0.1) is 0 Å². The first kappa shape index (κ1) is 16.4. The molecular weight excluding hydrogens is 216 g/mol. The van der Waals surface area contributed by atoms with Gasteiger partial charge in [-0.05, 0) is 40.5 Å². The van der Waals surface area contributed by atoms with Crippen molar-refractivity contribution in [3.63, 3.8) is 0 Å². The van der Waals surface area contributed by atoms with Gasteiger partial charge in [0.25, 0.3) is 5.91 Å². The number of amides is 1. The smallest absolute Gasteiger partial charge is 0.251 e. The number of unbranched alkanes of at least 4 members (excludes halogenated alkanes) is 1. The molecular formula is C13H28N2O2. The first-order chi connectivity index (χ1) is 7.69. The van der Waals surface area contributed by atoms with E-state index in [1.165, 1.54) is 0 Å². The lowest BCUT2D eigenvalue weighted by Gasteiger charge is -2.26. The van der Waals surface area contributed by atoms with Crippen LogP contribution < -0.4 is 11.1 Å². The fourth-order valence-corrected chi connectivity index (χ4v) is 1.23. The molecule has 0 heterocycles. The van der Waals surface area contributed by atoms with Gasteiger partial charge in [-0.1, -0.05) is 13.3 Å². The predicted octanol–water partition coefficient (Wildman–Crippen LogP) is 1.83. The van der Waals surface area contributed by atoms with Gasteiger partial charge in [-0.15, -0.1) is 0 Å². The Morgan fingerprint density at radius 3 is 2.35 bits per heavy atom. The summed E-state index contributed by atoms with van der Waals surface area (Å²) in [7, 11) is 0. The van der Waals surface area contributed by atoms with Crippen molar-refractivity contribution in [1.82, 2.24) is 5.32 Å². The van der Waals surface area contributed by atoms with Gasteiger partial charge in [0.05, 0.1) is 0 Å². The van der Waals surface area contributed by atoms with Crippen LogP contribution >= 0.6 is 0 Å². The zero-order chi connectivity index (χ0) is 13.5. The van der Waals surface area contributed by atoms with Crippen molar-refractivity contribution in [2.45, 2.75) is 65.0 Å². The summed E-state index contributed by atoms with van der Waals surface area (Å²) < 4.78 is 5.61. The summed E-state index contributed by atoms with van der Waals surface area (Å²) in [4.78, 5) is 11.8. The van der Waals surface area contributed by atoms with E-state index in [0.29, 0.717) is 13.2 Å². The van der Waals surface area contributed by atoms with Crippen LogP contribution in [0.2, 0.25) is 0 Å². The maximum Gasteiger partial charge on any atom is 0.251 e. The standard InChI is InChI=1S/C13H28N2O2/c1-6-7-9-15-11(16)13(4,5)17-10-8-12(2,3)14/h6-10,14H2,1-5H3,(H,15,16). The average Bonchev–Trinajstić information content (AvgIpc) is 2.15. The second-order valence-electron chi connectivity index (χ2n) is 5.71. The highest BCUT2D eigenvalue weighted by Crippen LogP contribution is 2.12. The van der Waals surface area contributed by atoms with Gasteiger partial charge < -0.3 is 15.8 Å². The molecule has 102 valence electrons. The van der Waals surface area contributed by atoms with Gasteiger partial charge in [0.2, 0.25) is 0 Å². The Balaban J connectivity index is 3.96. The van der Waals surface area contributed by atoms with Crippen LogP contribution in [0.15, 0.2) is 0 Å². The second-order valence-corrected chi connectivity index (χ2v) is 5.71. The molecule has 0 radical (unpaired) electrons. The van der Waals surface area contributed by atoms with E-state index in [4.69, 9.17) is 10.5 Å². The van der Waals surface area contributed by atoms with Crippen molar-refractivity contribution in [3.05, 3.63) is 0 Å². The molecule has 0 bridgehead atoms. The van der Waals surface area contributed by atoms with Crippen molar-refractivity contribution in [1.29, 1.82) is 0 Å². The van der Waals surface area contributed by atoms with Crippen molar-refractivity contribution < 1.29 is 9.53 Å². The first-order valence-corrected chi connectivity index (χ1v) is 6.40. The fraction of sp³-hybridized carbons (Fsp3) is 0.923. The van der Waals surface area contributed by atoms with Crippen LogP contribution in [0.5, 0.6) is 0 Å². The lowest BCUT2D eigenvalue weighted by molar-refractivity contribution is -0.143. The third-order valence-electron chi connectivity index (χ3n) is 2.57. The maximum atomic E-state index is 11.8. The fourth-order valence-electron chi connectivity index (χ4n) is 1.23. The minimum atomic E-state index is -0.779. The Bertz CT molecular complexity index is 232. The molecule has 4 heteroatoms. The van der Waals surface area contributed by atoms with E-state index < -0.39 is 5.60 Å². The first-order valence-electron chi connectivity index (χ1n) is 6.40. The lowest BCUT2D eigenvalue weighted by Crippen LogP contribution is -2.45. The Hall–Kier alpha value is -0.610. The molecule has 0 spiro atoms. The third-order valence-corrected chi connectivity index (χ3v) is 2.57. The summed E-state index contributed by atoms with van der Waals surface area (Å²) in [5.74, 6) is -0.0548. The van der Waals surface area contributed by atoms with Crippen molar-refractivity contribution in [2.24, 2.45) is 5.73 Å². The molecule has 0 atom stereocenters. The number of nitrogens with one attached hydrogen (secondary N) is 1. The highest BCUT2D eigenvalue weighted by Gasteiger charge is 2.28. The summed E-state index contributed by atoms with van der Waals surface area (Å²) >= 11 is 0. The van der Waals surface area contributed by atoms with Gasteiger partial charge in [0.1, 0.15) is 5.60 Å².